The summed E-state index contributed by atoms with van der Waals surface area (Å²) in [4.78, 5) is 47.8. The van der Waals surface area contributed by atoms with E-state index in [4.69, 9.17) is 4.98 Å². The first-order chi connectivity index (χ1) is 20.0. The molecule has 0 radical (unpaired) electrons. The van der Waals surface area contributed by atoms with Crippen molar-refractivity contribution in [2.75, 3.05) is 5.32 Å². The first-order valence-corrected chi connectivity index (χ1v) is 14.4. The van der Waals surface area contributed by atoms with Crippen LogP contribution in [0.3, 0.4) is 0 Å². The molecule has 1 fully saturated rings. The summed E-state index contributed by atoms with van der Waals surface area (Å²) in [5.41, 5.74) is 5.94. The highest BCUT2D eigenvalue weighted by Crippen LogP contribution is 2.35. The standard InChI is InChI=1S/C30H26N8O2S/c1-16(39)25-7-8-26(41-25)21-13-32-14-24-27(21)36-29(35-24)28-20-10-22(33-15-23(20)37-38-28)18-9-19(12-31-11-18)34-30(40)17-5-3-2-4-6-17/h7-15,17H,2-6H2,1H3,(H,34,40)(H,35,36)(H,37,38). The van der Waals surface area contributed by atoms with Crippen LogP contribution in [0.25, 0.3) is 55.2 Å². The molecule has 1 amide bonds. The van der Waals surface area contributed by atoms with Crippen molar-refractivity contribution >= 4 is 50.7 Å². The number of rotatable bonds is 6. The van der Waals surface area contributed by atoms with E-state index in [2.05, 4.69) is 35.5 Å². The molecule has 204 valence electrons. The van der Waals surface area contributed by atoms with E-state index < -0.39 is 0 Å². The number of amides is 1. The second kappa shape index (κ2) is 10.3. The fourth-order valence-corrected chi connectivity index (χ4v) is 6.32. The van der Waals surface area contributed by atoms with Crippen molar-refractivity contribution in [2.45, 2.75) is 39.0 Å². The number of anilines is 1. The Kier molecular flexibility index (Phi) is 6.35. The van der Waals surface area contributed by atoms with Gasteiger partial charge in [-0.2, -0.15) is 5.10 Å². The minimum absolute atomic E-state index is 0.0313. The van der Waals surface area contributed by atoms with Crippen molar-refractivity contribution in [3.8, 4) is 33.2 Å². The molecule has 0 spiro atoms. The van der Waals surface area contributed by atoms with E-state index in [-0.39, 0.29) is 17.6 Å². The molecule has 7 rings (SSSR count). The molecule has 0 atom stereocenters. The normalized spacial score (nSPS) is 14.1. The van der Waals surface area contributed by atoms with E-state index in [0.717, 1.165) is 63.6 Å². The Balaban J connectivity index is 1.22. The lowest BCUT2D eigenvalue weighted by atomic mass is 9.88. The van der Waals surface area contributed by atoms with Gasteiger partial charge in [-0.1, -0.05) is 19.3 Å². The number of nitrogens with one attached hydrogen (secondary N) is 3. The van der Waals surface area contributed by atoms with E-state index in [0.29, 0.717) is 27.8 Å². The number of thiophene rings is 1. The number of nitrogens with zero attached hydrogens (tertiary/aromatic N) is 5. The van der Waals surface area contributed by atoms with Gasteiger partial charge in [-0.05, 0) is 44.0 Å². The molecule has 0 bridgehead atoms. The summed E-state index contributed by atoms with van der Waals surface area (Å²) in [7, 11) is 0. The molecule has 11 heteroatoms. The maximum Gasteiger partial charge on any atom is 0.227 e. The van der Waals surface area contributed by atoms with Gasteiger partial charge in [-0.25, -0.2) is 4.98 Å². The maximum absolute atomic E-state index is 12.8. The number of ketones is 1. The summed E-state index contributed by atoms with van der Waals surface area (Å²) in [6.07, 6.45) is 13.9. The predicted octanol–water partition coefficient (Wildman–Crippen LogP) is 6.41. The van der Waals surface area contributed by atoms with Gasteiger partial charge in [0.05, 0.1) is 45.9 Å². The number of pyridine rings is 3. The average molecular weight is 563 g/mol. The van der Waals surface area contributed by atoms with E-state index in [1.54, 1.807) is 37.9 Å². The summed E-state index contributed by atoms with van der Waals surface area (Å²) >= 11 is 1.42. The molecule has 0 aromatic carbocycles. The molecule has 0 saturated heterocycles. The molecule has 0 aliphatic heterocycles. The van der Waals surface area contributed by atoms with Crippen LogP contribution in [-0.2, 0) is 4.79 Å². The fourth-order valence-electron chi connectivity index (χ4n) is 5.41. The Labute approximate surface area is 238 Å². The lowest BCUT2D eigenvalue weighted by molar-refractivity contribution is -0.120. The van der Waals surface area contributed by atoms with Crippen molar-refractivity contribution in [1.29, 1.82) is 0 Å². The van der Waals surface area contributed by atoms with Gasteiger partial charge in [0.25, 0.3) is 0 Å². The molecule has 1 aliphatic carbocycles. The number of hydrogen-bond donors (Lipinski definition) is 3. The van der Waals surface area contributed by atoms with E-state index in [9.17, 15) is 9.59 Å². The summed E-state index contributed by atoms with van der Waals surface area (Å²) in [6.45, 7) is 1.56. The van der Waals surface area contributed by atoms with Gasteiger partial charge < -0.3 is 10.3 Å². The third kappa shape index (κ3) is 4.78. The molecule has 1 saturated carbocycles. The van der Waals surface area contributed by atoms with Gasteiger partial charge in [0.1, 0.15) is 11.2 Å². The molecule has 1 aliphatic rings. The van der Waals surface area contributed by atoms with Crippen LogP contribution < -0.4 is 5.32 Å². The van der Waals surface area contributed by atoms with E-state index in [1.807, 2.05) is 24.3 Å². The smallest absolute Gasteiger partial charge is 0.227 e. The van der Waals surface area contributed by atoms with E-state index in [1.165, 1.54) is 17.8 Å². The Morgan fingerprint density at radius 2 is 1.83 bits per heavy atom. The second-order valence-electron chi connectivity index (χ2n) is 10.4. The lowest BCUT2D eigenvalue weighted by Crippen LogP contribution is -2.24. The van der Waals surface area contributed by atoms with Crippen LogP contribution in [0, 0.1) is 5.92 Å². The third-order valence-electron chi connectivity index (χ3n) is 7.56. The molecular weight excluding hydrogens is 536 g/mol. The zero-order chi connectivity index (χ0) is 27.9. The highest BCUT2D eigenvalue weighted by Gasteiger charge is 2.22. The Hall–Kier alpha value is -4.77. The van der Waals surface area contributed by atoms with Crippen molar-refractivity contribution in [2.24, 2.45) is 5.92 Å². The molecule has 41 heavy (non-hydrogen) atoms. The zero-order valence-corrected chi connectivity index (χ0v) is 23.1. The summed E-state index contributed by atoms with van der Waals surface area (Å²) in [6, 6.07) is 7.60. The largest absolute Gasteiger partial charge is 0.335 e. The number of hydrogen-bond acceptors (Lipinski definition) is 8. The predicted molar refractivity (Wildman–Crippen MR) is 159 cm³/mol. The van der Waals surface area contributed by atoms with Crippen LogP contribution in [-0.4, -0.2) is 46.8 Å². The molecule has 6 aromatic heterocycles. The number of aromatic amines is 2. The monoisotopic (exact) mass is 562 g/mol. The minimum atomic E-state index is 0.0313. The van der Waals surface area contributed by atoms with Crippen LogP contribution in [0.5, 0.6) is 0 Å². The zero-order valence-electron chi connectivity index (χ0n) is 22.3. The fraction of sp³-hybridized carbons (Fsp3) is 0.233. The highest BCUT2D eigenvalue weighted by atomic mass is 32.1. The number of fused-ring (bicyclic) bond motifs is 2. The molecule has 10 nitrogen and oxygen atoms in total. The lowest BCUT2D eigenvalue weighted by Gasteiger charge is -2.20. The van der Waals surface area contributed by atoms with Crippen molar-refractivity contribution < 1.29 is 9.59 Å². The molecular formula is C30H26N8O2S. The SMILES string of the molecule is CC(=O)c1ccc(-c2cncc3[nH]c(-c4n[nH]c5cnc(-c6cncc(NC(=O)C7CCCCC7)c6)cc45)nc23)s1. The summed E-state index contributed by atoms with van der Waals surface area (Å²) in [5, 5.41) is 11.5. The van der Waals surface area contributed by atoms with Gasteiger partial charge in [-0.15, -0.1) is 11.3 Å². The van der Waals surface area contributed by atoms with Crippen molar-refractivity contribution in [3.05, 3.63) is 60.1 Å². The first kappa shape index (κ1) is 25.2. The van der Waals surface area contributed by atoms with Crippen LogP contribution in [0.4, 0.5) is 5.69 Å². The van der Waals surface area contributed by atoms with E-state index >= 15 is 0 Å². The van der Waals surface area contributed by atoms with Gasteiger partial charge >= 0.3 is 0 Å². The molecule has 0 unspecified atom stereocenters. The summed E-state index contributed by atoms with van der Waals surface area (Å²) < 4.78 is 0. The van der Waals surface area contributed by atoms with Crippen LogP contribution in [0.2, 0.25) is 0 Å². The second-order valence-corrected chi connectivity index (χ2v) is 11.4. The highest BCUT2D eigenvalue weighted by molar-refractivity contribution is 7.17. The van der Waals surface area contributed by atoms with Gasteiger partial charge in [-0.3, -0.25) is 29.6 Å². The molecule has 6 aromatic rings. The minimum Gasteiger partial charge on any atom is -0.335 e. The van der Waals surface area contributed by atoms with Crippen molar-refractivity contribution in [1.82, 2.24) is 35.1 Å². The molecule has 3 N–H and O–H groups in total. The number of imidazole rings is 1. The van der Waals surface area contributed by atoms with Gasteiger partial charge in [0.15, 0.2) is 11.6 Å². The maximum atomic E-state index is 12.8. The van der Waals surface area contributed by atoms with Crippen LogP contribution >= 0.6 is 11.3 Å². The average Bonchev–Trinajstić information content (AvgIpc) is 3.75. The Morgan fingerprint density at radius 3 is 2.66 bits per heavy atom. The van der Waals surface area contributed by atoms with Gasteiger partial charge in [0.2, 0.25) is 5.91 Å². The Bertz CT molecular complexity index is 1930. The summed E-state index contributed by atoms with van der Waals surface area (Å²) in [5.74, 6) is 0.741. The van der Waals surface area contributed by atoms with Crippen molar-refractivity contribution in [3.63, 3.8) is 0 Å². The Morgan fingerprint density at radius 1 is 0.976 bits per heavy atom. The number of aromatic nitrogens is 7. The number of carbonyl (C=O) groups excluding carboxylic acids is 2. The van der Waals surface area contributed by atoms with Crippen LogP contribution in [0.15, 0.2) is 55.2 Å². The first-order valence-electron chi connectivity index (χ1n) is 13.6. The van der Waals surface area contributed by atoms with Gasteiger partial charge in [0, 0.05) is 39.7 Å². The number of carbonyl (C=O) groups is 2. The number of Topliss-reactive ketones (excluding diaryl/α,β-unsaturated/α-hetero) is 1. The topological polar surface area (TPSA) is 142 Å². The molecule has 6 heterocycles. The quantitative estimate of drug-likeness (QED) is 0.199. The third-order valence-corrected chi connectivity index (χ3v) is 8.78. The number of H-pyrrole nitrogens is 2. The van der Waals surface area contributed by atoms with Crippen LogP contribution in [0.1, 0.15) is 48.7 Å².